The van der Waals surface area contributed by atoms with Gasteiger partial charge in [-0.05, 0) is 73.8 Å². The van der Waals surface area contributed by atoms with Crippen LogP contribution in [0.15, 0.2) is 78.9 Å². The Morgan fingerprint density at radius 2 is 1.44 bits per heavy atom. The number of piperidine rings is 1. The fourth-order valence-electron chi connectivity index (χ4n) is 6.07. The largest absolute Gasteiger partial charge is 0.371 e. The molecule has 0 bridgehead atoms. The molecule has 0 unspecified atom stereocenters. The van der Waals surface area contributed by atoms with Crippen LogP contribution in [0.5, 0.6) is 0 Å². The Labute approximate surface area is 233 Å². The van der Waals surface area contributed by atoms with E-state index >= 15 is 0 Å². The van der Waals surface area contributed by atoms with E-state index in [-0.39, 0.29) is 17.7 Å². The Hall–Kier alpha value is -3.60. The van der Waals surface area contributed by atoms with Crippen molar-refractivity contribution >= 4 is 23.2 Å². The fourth-order valence-corrected chi connectivity index (χ4v) is 6.07. The van der Waals surface area contributed by atoms with Crippen LogP contribution in [0.4, 0.5) is 11.4 Å². The molecule has 2 aliphatic rings. The first kappa shape index (κ1) is 27.0. The van der Waals surface area contributed by atoms with Crippen molar-refractivity contribution in [1.29, 1.82) is 0 Å². The zero-order chi connectivity index (χ0) is 26.9. The van der Waals surface area contributed by atoms with Crippen LogP contribution < -0.4 is 15.5 Å². The topological polar surface area (TPSA) is 61.4 Å². The smallest absolute Gasteiger partial charge is 0.253 e. The summed E-state index contributed by atoms with van der Waals surface area (Å²) < 4.78 is 0. The van der Waals surface area contributed by atoms with Crippen molar-refractivity contribution in [2.24, 2.45) is 11.8 Å². The number of anilines is 2. The highest BCUT2D eigenvalue weighted by Gasteiger charge is 2.25. The lowest BCUT2D eigenvalue weighted by molar-refractivity contribution is -0.120. The van der Waals surface area contributed by atoms with E-state index in [9.17, 15) is 9.59 Å². The predicted molar refractivity (Wildman–Crippen MR) is 159 cm³/mol. The van der Waals surface area contributed by atoms with Crippen molar-refractivity contribution in [1.82, 2.24) is 5.32 Å². The minimum Gasteiger partial charge on any atom is -0.371 e. The summed E-state index contributed by atoms with van der Waals surface area (Å²) >= 11 is 0. The van der Waals surface area contributed by atoms with Crippen molar-refractivity contribution in [3.8, 4) is 0 Å². The Morgan fingerprint density at radius 1 is 0.769 bits per heavy atom. The van der Waals surface area contributed by atoms with Gasteiger partial charge in [0.05, 0.1) is 5.56 Å². The molecule has 5 heteroatoms. The van der Waals surface area contributed by atoms with Crippen LogP contribution in [0.25, 0.3) is 0 Å². The standard InChI is InChI=1S/C34H41N3O2/c38-33(29-14-8-3-9-15-29)36-30-16-17-32(31(25-30)34(39)35-21-18-26-10-4-1-5-11-26)37-22-19-28(20-23-37)24-27-12-6-2-7-13-27/h1-2,4-7,10-13,16-17,25,28-29H,3,8-9,14-15,18-24H2,(H,35,39)(H,36,38). The number of hydrogen-bond acceptors (Lipinski definition) is 3. The molecule has 1 saturated heterocycles. The first-order valence-corrected chi connectivity index (χ1v) is 14.7. The highest BCUT2D eigenvalue weighted by atomic mass is 16.2. The summed E-state index contributed by atoms with van der Waals surface area (Å²) in [5.74, 6) is 0.729. The minimum atomic E-state index is -0.0823. The van der Waals surface area contributed by atoms with E-state index in [0.717, 1.165) is 70.1 Å². The number of carbonyl (C=O) groups excluding carboxylic acids is 2. The van der Waals surface area contributed by atoms with Gasteiger partial charge in [-0.15, -0.1) is 0 Å². The average molecular weight is 524 g/mol. The lowest BCUT2D eigenvalue weighted by Crippen LogP contribution is -2.36. The van der Waals surface area contributed by atoms with Crippen LogP contribution >= 0.6 is 0 Å². The van der Waals surface area contributed by atoms with Gasteiger partial charge in [-0.25, -0.2) is 0 Å². The molecule has 0 atom stereocenters. The lowest BCUT2D eigenvalue weighted by Gasteiger charge is -2.35. The zero-order valence-electron chi connectivity index (χ0n) is 22.9. The number of amides is 2. The number of rotatable bonds is 9. The summed E-state index contributed by atoms with van der Waals surface area (Å²) in [5.41, 5.74) is 4.91. The molecule has 2 fully saturated rings. The number of carbonyl (C=O) groups is 2. The molecule has 5 rings (SSSR count). The third kappa shape index (κ3) is 7.50. The normalized spacial score (nSPS) is 16.6. The van der Waals surface area contributed by atoms with Crippen LogP contribution in [-0.2, 0) is 17.6 Å². The Balaban J connectivity index is 1.27. The minimum absolute atomic E-state index is 0.0743. The molecule has 1 aliphatic heterocycles. The molecular formula is C34H41N3O2. The average Bonchev–Trinajstić information content (AvgIpc) is 2.99. The van der Waals surface area contributed by atoms with Gasteiger partial charge in [0.15, 0.2) is 0 Å². The first-order valence-electron chi connectivity index (χ1n) is 14.7. The van der Waals surface area contributed by atoms with Gasteiger partial charge in [-0.3, -0.25) is 9.59 Å². The van der Waals surface area contributed by atoms with Crippen molar-refractivity contribution in [2.45, 2.75) is 57.8 Å². The van der Waals surface area contributed by atoms with Crippen molar-refractivity contribution in [3.05, 3.63) is 95.6 Å². The van der Waals surface area contributed by atoms with Crippen LogP contribution in [0.3, 0.4) is 0 Å². The summed E-state index contributed by atoms with van der Waals surface area (Å²) in [7, 11) is 0. The first-order chi connectivity index (χ1) is 19.2. The molecule has 39 heavy (non-hydrogen) atoms. The maximum atomic E-state index is 13.5. The second kappa shape index (κ2) is 13.5. The quantitative estimate of drug-likeness (QED) is 0.331. The SMILES string of the molecule is O=C(NCCc1ccccc1)c1cc(NC(=O)C2CCCCC2)ccc1N1CCC(Cc2ccccc2)CC1. The molecular weight excluding hydrogens is 482 g/mol. The predicted octanol–water partition coefficient (Wildman–Crippen LogP) is 6.64. The molecule has 3 aromatic carbocycles. The summed E-state index contributed by atoms with van der Waals surface area (Å²) in [6.07, 6.45) is 9.45. The van der Waals surface area contributed by atoms with Gasteiger partial charge in [0.25, 0.3) is 5.91 Å². The van der Waals surface area contributed by atoms with Crippen LogP contribution in [0.1, 0.15) is 66.4 Å². The second-order valence-electron chi connectivity index (χ2n) is 11.2. The maximum absolute atomic E-state index is 13.5. The van der Waals surface area contributed by atoms with E-state index < -0.39 is 0 Å². The van der Waals surface area contributed by atoms with E-state index in [0.29, 0.717) is 23.7 Å². The van der Waals surface area contributed by atoms with Crippen LogP contribution in [0, 0.1) is 11.8 Å². The van der Waals surface area contributed by atoms with Gasteiger partial charge in [0, 0.05) is 36.9 Å². The molecule has 2 amide bonds. The van der Waals surface area contributed by atoms with Crippen LogP contribution in [-0.4, -0.2) is 31.4 Å². The molecule has 0 radical (unpaired) electrons. The molecule has 3 aromatic rings. The summed E-state index contributed by atoms with van der Waals surface area (Å²) in [6.45, 7) is 2.42. The third-order valence-corrected chi connectivity index (χ3v) is 8.35. The zero-order valence-corrected chi connectivity index (χ0v) is 22.9. The van der Waals surface area contributed by atoms with Gasteiger partial charge in [0.2, 0.25) is 5.91 Å². The van der Waals surface area contributed by atoms with Gasteiger partial charge in [-0.1, -0.05) is 79.9 Å². The fraction of sp³-hybridized carbons (Fsp3) is 0.412. The second-order valence-corrected chi connectivity index (χ2v) is 11.2. The lowest BCUT2D eigenvalue weighted by atomic mass is 9.88. The van der Waals surface area contributed by atoms with E-state index in [4.69, 9.17) is 0 Å². The number of hydrogen-bond donors (Lipinski definition) is 2. The number of nitrogens with one attached hydrogen (secondary N) is 2. The summed E-state index contributed by atoms with van der Waals surface area (Å²) in [6, 6.07) is 26.8. The van der Waals surface area contributed by atoms with E-state index in [1.807, 2.05) is 36.4 Å². The van der Waals surface area contributed by atoms with Crippen molar-refractivity contribution < 1.29 is 9.59 Å². The number of benzene rings is 3. The van der Waals surface area contributed by atoms with Crippen LogP contribution in [0.2, 0.25) is 0 Å². The summed E-state index contributed by atoms with van der Waals surface area (Å²) in [4.78, 5) is 28.8. The molecule has 1 saturated carbocycles. The molecule has 1 heterocycles. The van der Waals surface area contributed by atoms with E-state index in [1.165, 1.54) is 17.5 Å². The van der Waals surface area contributed by atoms with Gasteiger partial charge >= 0.3 is 0 Å². The molecule has 0 spiro atoms. The van der Waals surface area contributed by atoms with E-state index in [2.05, 4.69) is 58.0 Å². The molecule has 1 aliphatic carbocycles. The Morgan fingerprint density at radius 3 is 2.13 bits per heavy atom. The molecule has 2 N–H and O–H groups in total. The van der Waals surface area contributed by atoms with Crippen molar-refractivity contribution in [3.63, 3.8) is 0 Å². The van der Waals surface area contributed by atoms with Gasteiger partial charge < -0.3 is 15.5 Å². The highest BCUT2D eigenvalue weighted by Crippen LogP contribution is 2.31. The molecule has 204 valence electrons. The third-order valence-electron chi connectivity index (χ3n) is 8.35. The monoisotopic (exact) mass is 523 g/mol. The van der Waals surface area contributed by atoms with Gasteiger partial charge in [0.1, 0.15) is 0 Å². The Bertz CT molecular complexity index is 1210. The molecule has 5 nitrogen and oxygen atoms in total. The van der Waals surface area contributed by atoms with Gasteiger partial charge in [-0.2, -0.15) is 0 Å². The highest BCUT2D eigenvalue weighted by molar-refractivity contribution is 6.02. The summed E-state index contributed by atoms with van der Waals surface area (Å²) in [5, 5.41) is 6.25. The number of nitrogens with zero attached hydrogens (tertiary/aromatic N) is 1. The molecule has 0 aromatic heterocycles. The maximum Gasteiger partial charge on any atom is 0.253 e. The van der Waals surface area contributed by atoms with E-state index in [1.54, 1.807) is 0 Å². The van der Waals surface area contributed by atoms with Crippen molar-refractivity contribution in [2.75, 3.05) is 29.9 Å². The Kier molecular flexibility index (Phi) is 9.31.